The van der Waals surface area contributed by atoms with E-state index in [1.165, 1.54) is 68.3 Å². The molecule has 1 heterocycles. The second kappa shape index (κ2) is 10.9. The molecule has 0 nitrogen and oxygen atoms in total. The summed E-state index contributed by atoms with van der Waals surface area (Å²) in [4.78, 5) is 0. The summed E-state index contributed by atoms with van der Waals surface area (Å²) in [7, 11) is -2.09. The van der Waals surface area contributed by atoms with Gasteiger partial charge in [-0.25, -0.2) is 0 Å². The Morgan fingerprint density at radius 3 is 1.40 bits per heavy atom. The number of unbranched alkanes of at least 4 members (excludes halogenated alkanes) is 2. The molecule has 4 aromatic carbocycles. The maximum absolute atomic E-state index is 3.10. The second-order valence-corrected chi connectivity index (χ2v) is 29.5. The van der Waals surface area contributed by atoms with Crippen molar-refractivity contribution >= 4 is 40.0 Å². The van der Waals surface area contributed by atoms with Gasteiger partial charge in [-0.2, -0.15) is 0 Å². The molecule has 0 radical (unpaired) electrons. The maximum atomic E-state index is 2.74. The first-order chi connectivity index (χ1) is 20.4. The van der Waals surface area contributed by atoms with Gasteiger partial charge in [0.05, 0.1) is 0 Å². The van der Waals surface area contributed by atoms with Crippen LogP contribution in [0.3, 0.4) is 0 Å². The van der Waals surface area contributed by atoms with Crippen molar-refractivity contribution in [3.8, 4) is 0 Å². The monoisotopic (exact) mass is 646 g/mol. The van der Waals surface area contributed by atoms with Crippen LogP contribution < -0.4 is 0 Å². The van der Waals surface area contributed by atoms with Crippen molar-refractivity contribution in [3.05, 3.63) is 106 Å². The summed E-state index contributed by atoms with van der Waals surface area (Å²) in [5.41, 5.74) is 10.7. The van der Waals surface area contributed by atoms with Gasteiger partial charge in [-0.15, -0.1) is 0 Å². The molecular formula is C40H48SiZr. The van der Waals surface area contributed by atoms with E-state index in [1.54, 1.807) is 22.3 Å². The molecule has 4 aromatic rings. The number of allylic oxidation sites excluding steroid dienone is 2. The molecule has 7 rings (SSSR count). The molecule has 2 atom stereocenters. The van der Waals surface area contributed by atoms with Gasteiger partial charge in [0, 0.05) is 0 Å². The van der Waals surface area contributed by atoms with Crippen molar-refractivity contribution in [2.24, 2.45) is 0 Å². The van der Waals surface area contributed by atoms with E-state index in [0.29, 0.717) is 7.25 Å². The molecule has 0 fully saturated rings. The van der Waals surface area contributed by atoms with Crippen LogP contribution in [0, 0.1) is 0 Å². The van der Waals surface area contributed by atoms with E-state index < -0.39 is 28.3 Å². The Labute approximate surface area is 259 Å². The number of benzene rings is 4. The van der Waals surface area contributed by atoms with Crippen LogP contribution in [0.5, 0.6) is 0 Å². The zero-order chi connectivity index (χ0) is 29.2. The molecule has 3 aliphatic rings. The zero-order valence-corrected chi connectivity index (χ0v) is 30.2. The van der Waals surface area contributed by atoms with Gasteiger partial charge in [-0.05, 0) is 0 Å². The molecule has 0 N–H and O–H groups in total. The standard InChI is InChI=1S/C32H30Si.2C4H9.Zr/c1-5-21-19-25-17-15-23-11-7-9-13-27(23)29(25)31(21)33(3,4)32-22(6-2)20-26-18-16-24-12-8-10-14-28(24)30(26)32;2*1-3-4-2;/h7-20H,5-6H2,1-4H3;2*1,3-4H2,2H3;. The summed E-state index contributed by atoms with van der Waals surface area (Å²) >= 11 is -3.10. The van der Waals surface area contributed by atoms with Gasteiger partial charge in [0.2, 0.25) is 0 Å². The van der Waals surface area contributed by atoms with Crippen molar-refractivity contribution in [2.75, 3.05) is 0 Å². The first-order valence-corrected chi connectivity index (χ1v) is 26.3. The molecule has 216 valence electrons. The molecule has 1 aliphatic heterocycles. The quantitative estimate of drug-likeness (QED) is 0.167. The molecule has 0 amide bonds. The summed E-state index contributed by atoms with van der Waals surface area (Å²) in [6.07, 6.45) is 7.87. The van der Waals surface area contributed by atoms with Crippen molar-refractivity contribution in [1.82, 2.24) is 0 Å². The molecule has 0 saturated heterocycles. The number of rotatable bonds is 8. The fraction of sp³-hybridized carbons (Fsp3) is 0.400. The topological polar surface area (TPSA) is 0 Å². The molecule has 0 aromatic heterocycles. The number of fused-ring (bicyclic) bond motifs is 12. The van der Waals surface area contributed by atoms with E-state index in [4.69, 9.17) is 0 Å². The van der Waals surface area contributed by atoms with Crippen LogP contribution in [0.4, 0.5) is 0 Å². The Morgan fingerprint density at radius 1 is 0.571 bits per heavy atom. The van der Waals surface area contributed by atoms with E-state index >= 15 is 0 Å². The van der Waals surface area contributed by atoms with E-state index in [1.807, 2.05) is 21.5 Å². The van der Waals surface area contributed by atoms with E-state index in [0.717, 1.165) is 0 Å². The van der Waals surface area contributed by atoms with Crippen molar-refractivity contribution in [3.63, 3.8) is 0 Å². The molecule has 2 aliphatic carbocycles. The van der Waals surface area contributed by atoms with Crippen LogP contribution in [0.2, 0.25) is 21.4 Å². The van der Waals surface area contributed by atoms with E-state index in [2.05, 4.69) is 114 Å². The molecule has 4 bridgehead atoms. The van der Waals surface area contributed by atoms with Crippen LogP contribution in [0.1, 0.15) is 95.7 Å². The SMILES string of the molecule is CCC[CH2][Zr]1([CH2]CCC)[CH]2C(CC)=C(c3c2ccc2ccccc32)[Si](C)(C)C2=C(CC)[CH]1c1ccc3ccccc3c12. The van der Waals surface area contributed by atoms with Gasteiger partial charge in [0.25, 0.3) is 0 Å². The number of hydrogen-bond donors (Lipinski definition) is 0. The van der Waals surface area contributed by atoms with Crippen molar-refractivity contribution in [1.29, 1.82) is 0 Å². The first-order valence-electron chi connectivity index (χ1n) is 17.0. The number of hydrogen-bond acceptors (Lipinski definition) is 0. The minimum atomic E-state index is -3.10. The third-order valence-corrected chi connectivity index (χ3v) is 30.4. The average Bonchev–Trinajstić information content (AvgIpc) is 3.57. The molecule has 42 heavy (non-hydrogen) atoms. The second-order valence-electron chi connectivity index (χ2n) is 13.9. The fourth-order valence-corrected chi connectivity index (χ4v) is 33.7. The Balaban J connectivity index is 1.68. The predicted octanol–water partition coefficient (Wildman–Crippen LogP) is 12.5. The summed E-state index contributed by atoms with van der Waals surface area (Å²) in [6.45, 7) is 15.4. The summed E-state index contributed by atoms with van der Waals surface area (Å²) in [5, 5.41) is 9.60. The Bertz CT molecular complexity index is 1640. The van der Waals surface area contributed by atoms with Gasteiger partial charge in [0.15, 0.2) is 0 Å². The summed E-state index contributed by atoms with van der Waals surface area (Å²) in [6, 6.07) is 28.9. The molecule has 0 spiro atoms. The van der Waals surface area contributed by atoms with Crippen LogP contribution in [0.15, 0.2) is 83.9 Å². The van der Waals surface area contributed by atoms with Gasteiger partial charge < -0.3 is 0 Å². The Hall–Kier alpha value is -2.02. The Morgan fingerprint density at radius 2 is 1.00 bits per heavy atom. The Kier molecular flexibility index (Phi) is 7.42. The summed E-state index contributed by atoms with van der Waals surface area (Å²) in [5.74, 6) is 0. The van der Waals surface area contributed by atoms with E-state index in [-0.39, 0.29) is 0 Å². The van der Waals surface area contributed by atoms with Crippen molar-refractivity contribution < 1.29 is 20.3 Å². The molecule has 2 unspecified atom stereocenters. The van der Waals surface area contributed by atoms with Crippen LogP contribution in [-0.2, 0) is 20.3 Å². The normalized spacial score (nSPS) is 21.6. The van der Waals surface area contributed by atoms with E-state index in [9.17, 15) is 0 Å². The van der Waals surface area contributed by atoms with Gasteiger partial charge >= 0.3 is 261 Å². The predicted molar refractivity (Wildman–Crippen MR) is 185 cm³/mol. The average molecular weight is 648 g/mol. The van der Waals surface area contributed by atoms with Crippen LogP contribution >= 0.6 is 0 Å². The van der Waals surface area contributed by atoms with Crippen LogP contribution in [0.25, 0.3) is 31.9 Å². The minimum absolute atomic E-state index is 0.717. The zero-order valence-electron chi connectivity index (χ0n) is 26.7. The molecular weight excluding hydrogens is 600 g/mol. The third-order valence-electron chi connectivity index (χ3n) is 11.5. The van der Waals surface area contributed by atoms with Gasteiger partial charge in [0.1, 0.15) is 0 Å². The third kappa shape index (κ3) is 3.86. The summed E-state index contributed by atoms with van der Waals surface area (Å²) < 4.78 is 4.48. The van der Waals surface area contributed by atoms with Gasteiger partial charge in [-0.3, -0.25) is 0 Å². The molecule has 0 saturated carbocycles. The first kappa shape index (κ1) is 28.7. The van der Waals surface area contributed by atoms with Gasteiger partial charge in [-0.1, -0.05) is 0 Å². The van der Waals surface area contributed by atoms with Crippen LogP contribution in [-0.4, -0.2) is 8.07 Å². The fourth-order valence-electron chi connectivity index (χ4n) is 10.1. The molecule has 2 heteroatoms. The van der Waals surface area contributed by atoms with Crippen molar-refractivity contribution in [2.45, 2.75) is 94.8 Å².